The Kier molecular flexibility index (Phi) is 5.75. The Morgan fingerprint density at radius 3 is 2.77 bits per heavy atom. The van der Waals surface area contributed by atoms with Crippen LogP contribution in [0.1, 0.15) is 16.2 Å². The smallest absolute Gasteiger partial charge is 0.275 e. The highest BCUT2D eigenvalue weighted by molar-refractivity contribution is 5.92. The van der Waals surface area contributed by atoms with Crippen LogP contribution in [-0.2, 0) is 4.74 Å². The standard InChI is InChI=1S/C18H21FN4O3/c1-13-12-16(24)17(21-23(13)15-5-3-2-4-14(15)19)18(25)20-6-7-22-8-10-26-11-9-22/h2-5,12H,6-11H2,1H3,(H,20,25). The molecule has 0 bridgehead atoms. The number of nitrogens with one attached hydrogen (secondary N) is 1. The Balaban J connectivity index is 1.74. The largest absolute Gasteiger partial charge is 0.379 e. The van der Waals surface area contributed by atoms with E-state index >= 15 is 0 Å². The molecule has 0 saturated carbocycles. The predicted octanol–water partition coefficient (Wildman–Crippen LogP) is 0.742. The normalized spacial score (nSPS) is 15.0. The molecule has 8 heteroatoms. The number of benzene rings is 1. The summed E-state index contributed by atoms with van der Waals surface area (Å²) in [7, 11) is 0. The lowest BCUT2D eigenvalue weighted by molar-refractivity contribution is 0.0383. The van der Waals surface area contributed by atoms with Gasteiger partial charge in [0, 0.05) is 37.9 Å². The molecule has 1 aliphatic heterocycles. The van der Waals surface area contributed by atoms with Gasteiger partial charge in [0.15, 0.2) is 5.69 Å². The molecule has 0 aliphatic carbocycles. The number of carbonyl (C=O) groups excluding carboxylic acids is 1. The van der Waals surface area contributed by atoms with Gasteiger partial charge in [0.1, 0.15) is 11.5 Å². The zero-order chi connectivity index (χ0) is 18.5. The Hall–Kier alpha value is -2.58. The van der Waals surface area contributed by atoms with E-state index < -0.39 is 17.2 Å². The second-order valence-electron chi connectivity index (χ2n) is 6.07. The number of ether oxygens (including phenoxy) is 1. The Labute approximate surface area is 150 Å². The molecule has 1 aromatic heterocycles. The fourth-order valence-electron chi connectivity index (χ4n) is 2.81. The van der Waals surface area contributed by atoms with Crippen LogP contribution in [-0.4, -0.2) is 60.0 Å². The van der Waals surface area contributed by atoms with Crippen molar-refractivity contribution in [1.29, 1.82) is 0 Å². The molecule has 1 saturated heterocycles. The summed E-state index contributed by atoms with van der Waals surface area (Å²) in [5.74, 6) is -1.04. The highest BCUT2D eigenvalue weighted by Gasteiger charge is 2.17. The fraction of sp³-hybridized carbons (Fsp3) is 0.389. The summed E-state index contributed by atoms with van der Waals surface area (Å²) in [5.41, 5.74) is -0.0999. The van der Waals surface area contributed by atoms with Gasteiger partial charge in [-0.05, 0) is 19.1 Å². The van der Waals surface area contributed by atoms with E-state index in [0.29, 0.717) is 32.0 Å². The van der Waals surface area contributed by atoms with Crippen LogP contribution in [0.5, 0.6) is 0 Å². The first-order valence-corrected chi connectivity index (χ1v) is 8.50. The second-order valence-corrected chi connectivity index (χ2v) is 6.07. The lowest BCUT2D eigenvalue weighted by Gasteiger charge is -2.26. The summed E-state index contributed by atoms with van der Waals surface area (Å²) < 4.78 is 20.6. The number of aromatic nitrogens is 2. The number of aryl methyl sites for hydroxylation is 1. The average molecular weight is 360 g/mol. The molecule has 2 heterocycles. The first kappa shape index (κ1) is 18.2. The van der Waals surface area contributed by atoms with Gasteiger partial charge < -0.3 is 10.1 Å². The molecule has 1 N–H and O–H groups in total. The highest BCUT2D eigenvalue weighted by Crippen LogP contribution is 2.13. The summed E-state index contributed by atoms with van der Waals surface area (Å²) in [6.45, 7) is 5.70. The molecule has 26 heavy (non-hydrogen) atoms. The minimum Gasteiger partial charge on any atom is -0.379 e. The van der Waals surface area contributed by atoms with Gasteiger partial charge in [-0.2, -0.15) is 5.10 Å². The third-order valence-corrected chi connectivity index (χ3v) is 4.22. The number of para-hydroxylation sites is 1. The predicted molar refractivity (Wildman–Crippen MR) is 94.1 cm³/mol. The van der Waals surface area contributed by atoms with Crippen molar-refractivity contribution >= 4 is 5.91 Å². The van der Waals surface area contributed by atoms with Gasteiger partial charge in [-0.1, -0.05) is 12.1 Å². The van der Waals surface area contributed by atoms with Crippen LogP contribution < -0.4 is 10.7 Å². The summed E-state index contributed by atoms with van der Waals surface area (Å²) in [5, 5.41) is 6.80. The van der Waals surface area contributed by atoms with E-state index in [1.54, 1.807) is 25.1 Å². The average Bonchev–Trinajstić information content (AvgIpc) is 2.63. The highest BCUT2D eigenvalue weighted by atomic mass is 19.1. The van der Waals surface area contributed by atoms with E-state index in [1.165, 1.54) is 16.8 Å². The van der Waals surface area contributed by atoms with Crippen LogP contribution in [0.3, 0.4) is 0 Å². The van der Waals surface area contributed by atoms with Crippen molar-refractivity contribution < 1.29 is 13.9 Å². The Bertz CT molecular complexity index is 847. The number of carbonyl (C=O) groups is 1. The van der Waals surface area contributed by atoms with Crippen molar-refractivity contribution in [2.75, 3.05) is 39.4 Å². The summed E-state index contributed by atoms with van der Waals surface area (Å²) in [6, 6.07) is 7.36. The molecule has 2 aromatic rings. The van der Waals surface area contributed by atoms with E-state index in [1.807, 2.05) is 0 Å². The third-order valence-electron chi connectivity index (χ3n) is 4.22. The van der Waals surface area contributed by atoms with E-state index in [-0.39, 0.29) is 11.4 Å². The van der Waals surface area contributed by atoms with Crippen LogP contribution in [0.4, 0.5) is 4.39 Å². The summed E-state index contributed by atoms with van der Waals surface area (Å²) in [4.78, 5) is 26.7. The van der Waals surface area contributed by atoms with Crippen LogP contribution in [0, 0.1) is 12.7 Å². The molecule has 0 spiro atoms. The zero-order valence-electron chi connectivity index (χ0n) is 14.6. The monoisotopic (exact) mass is 360 g/mol. The van der Waals surface area contributed by atoms with Crippen LogP contribution in [0.2, 0.25) is 0 Å². The molecule has 1 aliphatic rings. The second kappa shape index (κ2) is 8.20. The first-order chi connectivity index (χ1) is 12.6. The molecule has 138 valence electrons. The van der Waals surface area contributed by atoms with E-state index in [2.05, 4.69) is 15.3 Å². The minimum absolute atomic E-state index is 0.187. The van der Waals surface area contributed by atoms with E-state index in [4.69, 9.17) is 4.74 Å². The number of morpholine rings is 1. The Morgan fingerprint density at radius 2 is 2.04 bits per heavy atom. The van der Waals surface area contributed by atoms with Gasteiger partial charge in [-0.3, -0.25) is 14.5 Å². The number of nitrogens with zero attached hydrogens (tertiary/aromatic N) is 3. The van der Waals surface area contributed by atoms with Gasteiger partial charge in [-0.25, -0.2) is 9.07 Å². The van der Waals surface area contributed by atoms with Crippen molar-refractivity contribution in [3.8, 4) is 5.69 Å². The fourth-order valence-corrected chi connectivity index (χ4v) is 2.81. The number of hydrogen-bond donors (Lipinski definition) is 1. The molecule has 1 fully saturated rings. The zero-order valence-corrected chi connectivity index (χ0v) is 14.6. The molecule has 0 radical (unpaired) electrons. The van der Waals surface area contributed by atoms with Crippen LogP contribution >= 0.6 is 0 Å². The van der Waals surface area contributed by atoms with Gasteiger partial charge in [0.25, 0.3) is 5.91 Å². The molecule has 1 amide bonds. The van der Waals surface area contributed by atoms with Crippen molar-refractivity contribution in [3.63, 3.8) is 0 Å². The number of rotatable bonds is 5. The van der Waals surface area contributed by atoms with Crippen molar-refractivity contribution in [2.24, 2.45) is 0 Å². The summed E-state index contributed by atoms with van der Waals surface area (Å²) >= 11 is 0. The van der Waals surface area contributed by atoms with Crippen molar-refractivity contribution in [3.05, 3.63) is 57.8 Å². The minimum atomic E-state index is -0.562. The first-order valence-electron chi connectivity index (χ1n) is 8.50. The molecule has 1 aromatic carbocycles. The topological polar surface area (TPSA) is 76.5 Å². The lowest BCUT2D eigenvalue weighted by Crippen LogP contribution is -2.42. The van der Waals surface area contributed by atoms with Crippen molar-refractivity contribution in [2.45, 2.75) is 6.92 Å². The van der Waals surface area contributed by atoms with E-state index in [9.17, 15) is 14.0 Å². The third kappa shape index (κ3) is 4.14. The summed E-state index contributed by atoms with van der Waals surface area (Å²) in [6.07, 6.45) is 0. The molecular weight excluding hydrogens is 339 g/mol. The molecule has 3 rings (SSSR count). The van der Waals surface area contributed by atoms with Gasteiger partial charge in [-0.15, -0.1) is 0 Å². The lowest BCUT2D eigenvalue weighted by atomic mass is 10.2. The maximum Gasteiger partial charge on any atom is 0.275 e. The maximum absolute atomic E-state index is 14.0. The van der Waals surface area contributed by atoms with Gasteiger partial charge in [0.2, 0.25) is 5.43 Å². The molecular formula is C18H21FN4O3. The van der Waals surface area contributed by atoms with Crippen LogP contribution in [0.15, 0.2) is 35.1 Å². The molecule has 0 atom stereocenters. The SMILES string of the molecule is Cc1cc(=O)c(C(=O)NCCN2CCOCC2)nn1-c1ccccc1F. The van der Waals surface area contributed by atoms with Crippen LogP contribution in [0.25, 0.3) is 5.69 Å². The number of halogens is 1. The van der Waals surface area contributed by atoms with Gasteiger partial charge in [0.05, 0.1) is 13.2 Å². The molecule has 0 unspecified atom stereocenters. The van der Waals surface area contributed by atoms with Gasteiger partial charge >= 0.3 is 0 Å². The maximum atomic E-state index is 14.0. The van der Waals surface area contributed by atoms with Crippen molar-refractivity contribution in [1.82, 2.24) is 20.0 Å². The van der Waals surface area contributed by atoms with E-state index in [0.717, 1.165) is 13.1 Å². The number of amides is 1. The quantitative estimate of drug-likeness (QED) is 0.851. The molecule has 7 nitrogen and oxygen atoms in total. The number of hydrogen-bond acceptors (Lipinski definition) is 5. The Morgan fingerprint density at radius 1 is 1.31 bits per heavy atom.